The summed E-state index contributed by atoms with van der Waals surface area (Å²) in [5.41, 5.74) is 2.48. The highest BCUT2D eigenvalue weighted by atomic mass is 19.1. The number of allylic oxidation sites excluding steroid dienone is 3. The van der Waals surface area contributed by atoms with Gasteiger partial charge in [-0.1, -0.05) is 56.6 Å². The maximum atomic E-state index is 13.2. The van der Waals surface area contributed by atoms with E-state index in [9.17, 15) is 4.39 Å². The highest BCUT2D eigenvalue weighted by Gasteiger charge is 2.03. The molecular weight excluding hydrogens is 223 g/mol. The molecule has 0 amide bonds. The SMILES string of the molecule is C#Cc1cc(/C=C(C)\C=C\C(C)(C)C)ccc1F. The third-order valence-electron chi connectivity index (χ3n) is 2.39. The lowest BCUT2D eigenvalue weighted by molar-refractivity contribution is 0.544. The molecule has 1 rings (SSSR count). The summed E-state index contributed by atoms with van der Waals surface area (Å²) in [6.07, 6.45) is 11.4. The molecule has 0 spiro atoms. The highest BCUT2D eigenvalue weighted by molar-refractivity contribution is 5.57. The van der Waals surface area contributed by atoms with Crippen LogP contribution >= 0.6 is 0 Å². The van der Waals surface area contributed by atoms with Crippen LogP contribution in [0.4, 0.5) is 4.39 Å². The first-order valence-electron chi connectivity index (χ1n) is 5.95. The first-order valence-corrected chi connectivity index (χ1v) is 5.95. The number of rotatable bonds is 2. The topological polar surface area (TPSA) is 0 Å². The first-order chi connectivity index (χ1) is 8.31. The van der Waals surface area contributed by atoms with Gasteiger partial charge in [0.1, 0.15) is 5.82 Å². The highest BCUT2D eigenvalue weighted by Crippen LogP contribution is 2.17. The van der Waals surface area contributed by atoms with Crippen molar-refractivity contribution in [2.24, 2.45) is 5.41 Å². The fourth-order valence-corrected chi connectivity index (χ4v) is 1.44. The summed E-state index contributed by atoms with van der Waals surface area (Å²) >= 11 is 0. The largest absolute Gasteiger partial charge is 0.206 e. The Labute approximate surface area is 109 Å². The molecule has 0 saturated carbocycles. The van der Waals surface area contributed by atoms with E-state index in [1.807, 2.05) is 13.0 Å². The van der Waals surface area contributed by atoms with E-state index in [-0.39, 0.29) is 11.2 Å². The summed E-state index contributed by atoms with van der Waals surface area (Å²) in [7, 11) is 0. The van der Waals surface area contributed by atoms with Crippen LogP contribution in [0.2, 0.25) is 0 Å². The van der Waals surface area contributed by atoms with E-state index in [2.05, 4.69) is 38.8 Å². The number of hydrogen-bond donors (Lipinski definition) is 0. The predicted octanol–water partition coefficient (Wildman–Crippen LogP) is 4.81. The molecule has 0 radical (unpaired) electrons. The van der Waals surface area contributed by atoms with Gasteiger partial charge in [0.05, 0.1) is 5.56 Å². The third kappa shape index (κ3) is 4.59. The second kappa shape index (κ2) is 5.69. The first kappa shape index (κ1) is 14.3. The Bertz CT molecular complexity index is 520. The van der Waals surface area contributed by atoms with Gasteiger partial charge in [-0.3, -0.25) is 0 Å². The molecule has 0 saturated heterocycles. The Kier molecular flexibility index (Phi) is 4.50. The zero-order valence-electron chi connectivity index (χ0n) is 11.4. The summed E-state index contributed by atoms with van der Waals surface area (Å²) in [5.74, 6) is 1.99. The van der Waals surface area contributed by atoms with E-state index < -0.39 is 0 Å². The Morgan fingerprint density at radius 2 is 2.00 bits per heavy atom. The van der Waals surface area contributed by atoms with Gasteiger partial charge in [0.15, 0.2) is 0 Å². The van der Waals surface area contributed by atoms with Crippen LogP contribution < -0.4 is 0 Å². The maximum absolute atomic E-state index is 13.2. The molecule has 1 aromatic carbocycles. The number of terminal acetylenes is 1. The third-order valence-corrected chi connectivity index (χ3v) is 2.39. The molecule has 0 bridgehead atoms. The van der Waals surface area contributed by atoms with Crippen molar-refractivity contribution in [3.8, 4) is 12.3 Å². The number of halogens is 1. The molecule has 0 aliphatic rings. The van der Waals surface area contributed by atoms with Crippen molar-refractivity contribution in [1.82, 2.24) is 0 Å². The quantitative estimate of drug-likeness (QED) is 0.515. The van der Waals surface area contributed by atoms with Crippen molar-refractivity contribution in [3.05, 3.63) is 52.9 Å². The minimum absolute atomic E-state index is 0.155. The zero-order valence-corrected chi connectivity index (χ0v) is 11.4. The Hall–Kier alpha value is -1.81. The lowest BCUT2D eigenvalue weighted by Gasteiger charge is -2.11. The van der Waals surface area contributed by atoms with Crippen LogP contribution in [0.5, 0.6) is 0 Å². The van der Waals surface area contributed by atoms with Gasteiger partial charge < -0.3 is 0 Å². The monoisotopic (exact) mass is 242 g/mol. The second-order valence-corrected chi connectivity index (χ2v) is 5.47. The van der Waals surface area contributed by atoms with Gasteiger partial charge in [-0.25, -0.2) is 4.39 Å². The summed E-state index contributed by atoms with van der Waals surface area (Å²) in [6.45, 7) is 8.45. The van der Waals surface area contributed by atoms with Gasteiger partial charge >= 0.3 is 0 Å². The Balaban J connectivity index is 2.97. The minimum Gasteiger partial charge on any atom is -0.206 e. The van der Waals surface area contributed by atoms with Crippen molar-refractivity contribution in [2.45, 2.75) is 27.7 Å². The van der Waals surface area contributed by atoms with Gasteiger partial charge in [-0.05, 0) is 30.0 Å². The van der Waals surface area contributed by atoms with Crippen molar-refractivity contribution in [3.63, 3.8) is 0 Å². The lowest BCUT2D eigenvalue weighted by atomic mass is 9.95. The molecule has 0 nitrogen and oxygen atoms in total. The summed E-state index contributed by atoms with van der Waals surface area (Å²) in [4.78, 5) is 0. The van der Waals surface area contributed by atoms with E-state index in [4.69, 9.17) is 6.42 Å². The van der Waals surface area contributed by atoms with Crippen LogP contribution in [-0.2, 0) is 0 Å². The Morgan fingerprint density at radius 1 is 1.33 bits per heavy atom. The molecule has 0 atom stereocenters. The van der Waals surface area contributed by atoms with Gasteiger partial charge in [0, 0.05) is 0 Å². The summed E-state index contributed by atoms with van der Waals surface area (Å²) in [5, 5.41) is 0. The predicted molar refractivity (Wildman–Crippen MR) is 76.6 cm³/mol. The smallest absolute Gasteiger partial charge is 0.138 e. The van der Waals surface area contributed by atoms with Gasteiger partial charge in [0.25, 0.3) is 0 Å². The van der Waals surface area contributed by atoms with Crippen LogP contribution in [0.3, 0.4) is 0 Å². The van der Waals surface area contributed by atoms with Crippen molar-refractivity contribution >= 4 is 6.08 Å². The fraction of sp³-hybridized carbons (Fsp3) is 0.294. The fourth-order valence-electron chi connectivity index (χ4n) is 1.44. The average molecular weight is 242 g/mol. The molecule has 0 aliphatic heterocycles. The number of hydrogen-bond acceptors (Lipinski definition) is 0. The molecule has 0 fully saturated rings. The molecule has 0 N–H and O–H groups in total. The molecule has 0 aliphatic carbocycles. The second-order valence-electron chi connectivity index (χ2n) is 5.47. The zero-order chi connectivity index (χ0) is 13.8. The van der Waals surface area contributed by atoms with Crippen LogP contribution in [-0.4, -0.2) is 0 Å². The minimum atomic E-state index is -0.350. The molecule has 1 heteroatoms. The molecular formula is C17H19F. The molecule has 1 aromatic rings. The Morgan fingerprint density at radius 3 is 2.56 bits per heavy atom. The molecule has 0 heterocycles. The van der Waals surface area contributed by atoms with E-state index in [0.717, 1.165) is 11.1 Å². The van der Waals surface area contributed by atoms with Crippen LogP contribution in [0.15, 0.2) is 35.9 Å². The summed E-state index contributed by atoms with van der Waals surface area (Å²) in [6, 6.07) is 4.82. The van der Waals surface area contributed by atoms with Crippen LogP contribution in [0, 0.1) is 23.6 Å². The average Bonchev–Trinajstić information content (AvgIpc) is 2.28. The number of benzene rings is 1. The van der Waals surface area contributed by atoms with Gasteiger partial charge in [-0.15, -0.1) is 6.42 Å². The van der Waals surface area contributed by atoms with Crippen molar-refractivity contribution in [1.29, 1.82) is 0 Å². The lowest BCUT2D eigenvalue weighted by Crippen LogP contribution is -1.98. The molecule has 0 unspecified atom stereocenters. The van der Waals surface area contributed by atoms with Crippen LogP contribution in [0.1, 0.15) is 38.8 Å². The molecule has 0 aromatic heterocycles. The molecule has 94 valence electrons. The standard InChI is InChI=1S/C17H19F/c1-6-15-12-14(7-8-16(15)18)11-13(2)9-10-17(3,4)5/h1,7-12H,2-5H3/b10-9+,13-11-. The van der Waals surface area contributed by atoms with E-state index >= 15 is 0 Å². The van der Waals surface area contributed by atoms with E-state index in [1.54, 1.807) is 12.1 Å². The van der Waals surface area contributed by atoms with Crippen LogP contribution in [0.25, 0.3) is 6.08 Å². The van der Waals surface area contributed by atoms with Crippen molar-refractivity contribution < 1.29 is 4.39 Å². The van der Waals surface area contributed by atoms with Gasteiger partial charge in [0.2, 0.25) is 0 Å². The van der Waals surface area contributed by atoms with Gasteiger partial charge in [-0.2, -0.15) is 0 Å². The van der Waals surface area contributed by atoms with Crippen molar-refractivity contribution in [2.75, 3.05) is 0 Å². The maximum Gasteiger partial charge on any atom is 0.138 e. The van der Waals surface area contributed by atoms with E-state index in [0.29, 0.717) is 5.56 Å². The summed E-state index contributed by atoms with van der Waals surface area (Å²) < 4.78 is 13.2. The molecule has 18 heavy (non-hydrogen) atoms. The normalized spacial score (nSPS) is 12.8. The van der Waals surface area contributed by atoms with E-state index in [1.165, 1.54) is 6.07 Å².